The summed E-state index contributed by atoms with van der Waals surface area (Å²) in [6.07, 6.45) is 0.834. The molecule has 2 saturated heterocycles. The number of carbonyl (C=O) groups excluding carboxylic acids is 1. The van der Waals surface area contributed by atoms with Crippen LogP contribution in [-0.2, 0) is 21.4 Å². The van der Waals surface area contributed by atoms with Crippen molar-refractivity contribution in [2.24, 2.45) is 0 Å². The molecule has 0 bridgehead atoms. The van der Waals surface area contributed by atoms with E-state index in [4.69, 9.17) is 4.98 Å². The number of aromatic nitrogens is 2. The van der Waals surface area contributed by atoms with Crippen LogP contribution in [0.2, 0.25) is 0 Å². The highest BCUT2D eigenvalue weighted by Crippen LogP contribution is 2.28. The van der Waals surface area contributed by atoms with E-state index in [1.807, 2.05) is 9.80 Å². The number of rotatable bonds is 8. The normalized spacial score (nSPS) is 17.4. The van der Waals surface area contributed by atoms with Crippen LogP contribution in [0.15, 0.2) is 83.8 Å². The van der Waals surface area contributed by atoms with E-state index < -0.39 is 33.6 Å². The van der Waals surface area contributed by atoms with Gasteiger partial charge in [0.1, 0.15) is 23.5 Å². The molecule has 13 heteroatoms. The van der Waals surface area contributed by atoms with Crippen molar-refractivity contribution >= 4 is 27.6 Å². The number of piperazine rings is 1. The van der Waals surface area contributed by atoms with E-state index in [1.165, 1.54) is 30.3 Å². The van der Waals surface area contributed by atoms with Crippen molar-refractivity contribution in [3.8, 4) is 11.3 Å². The van der Waals surface area contributed by atoms with E-state index in [1.54, 1.807) is 36.4 Å². The van der Waals surface area contributed by atoms with Gasteiger partial charge in [-0.05, 0) is 67.4 Å². The summed E-state index contributed by atoms with van der Waals surface area (Å²) in [5.74, 6) is -1.37. The molecule has 3 heterocycles. The van der Waals surface area contributed by atoms with Crippen molar-refractivity contribution in [1.82, 2.24) is 19.6 Å². The van der Waals surface area contributed by atoms with Crippen LogP contribution in [0.3, 0.4) is 0 Å². The fourth-order valence-corrected chi connectivity index (χ4v) is 7.35. The van der Waals surface area contributed by atoms with Crippen LogP contribution in [0, 0.1) is 17.5 Å². The number of hydrogen-bond acceptors (Lipinski definition) is 7. The molecule has 2 fully saturated rings. The van der Waals surface area contributed by atoms with Gasteiger partial charge in [-0.15, -0.1) is 0 Å². The quantitative estimate of drug-likeness (QED) is 0.307. The standard InChI is InChI=1S/C32H31F3N6O3S/c33-23-10-12-26(13-11-23)45(43,44)41-14-4-9-30(41)31(42)36-21-25-20-28(22-5-3-6-24(34)19-22)38-32(37-25)40-17-15-39(16-18-40)29-8-2-1-7-27(29)35/h1-3,5-8,10-13,19-20,30H,4,9,14-18,21H2,(H,36,42)/t30-/m0/s1. The molecule has 4 aromatic rings. The second kappa shape index (κ2) is 12.9. The number of sulfonamides is 1. The van der Waals surface area contributed by atoms with E-state index in [2.05, 4.69) is 10.3 Å². The average Bonchev–Trinajstić information content (AvgIpc) is 3.56. The molecule has 0 spiro atoms. The number of halogens is 3. The maximum atomic E-state index is 14.4. The third kappa shape index (κ3) is 6.64. The van der Waals surface area contributed by atoms with Crippen molar-refractivity contribution in [3.63, 3.8) is 0 Å². The molecule has 1 aromatic heterocycles. The van der Waals surface area contributed by atoms with E-state index in [0.29, 0.717) is 67.6 Å². The largest absolute Gasteiger partial charge is 0.366 e. The van der Waals surface area contributed by atoms with Crippen molar-refractivity contribution < 1.29 is 26.4 Å². The Bertz CT molecular complexity index is 1800. The van der Waals surface area contributed by atoms with E-state index in [-0.39, 0.29) is 23.8 Å². The van der Waals surface area contributed by atoms with Gasteiger partial charge < -0.3 is 15.1 Å². The lowest BCUT2D eigenvalue weighted by atomic mass is 10.1. The van der Waals surface area contributed by atoms with E-state index in [0.717, 1.165) is 16.4 Å². The molecule has 0 radical (unpaired) electrons. The lowest BCUT2D eigenvalue weighted by molar-refractivity contribution is -0.124. The van der Waals surface area contributed by atoms with Gasteiger partial charge in [-0.1, -0.05) is 24.3 Å². The summed E-state index contributed by atoms with van der Waals surface area (Å²) in [6, 6.07) is 17.9. The van der Waals surface area contributed by atoms with Gasteiger partial charge in [0.15, 0.2) is 0 Å². The number of nitrogens with one attached hydrogen (secondary N) is 1. The highest BCUT2D eigenvalue weighted by molar-refractivity contribution is 7.89. The smallest absolute Gasteiger partial charge is 0.243 e. The molecule has 45 heavy (non-hydrogen) atoms. The summed E-state index contributed by atoms with van der Waals surface area (Å²) in [4.78, 5) is 26.5. The number of hydrogen-bond donors (Lipinski definition) is 1. The van der Waals surface area contributed by atoms with Crippen LogP contribution < -0.4 is 15.1 Å². The molecule has 0 aliphatic carbocycles. The SMILES string of the molecule is O=C(NCc1cc(-c2cccc(F)c2)nc(N2CCN(c3ccccc3F)CC2)n1)[C@@H]1CCCN1S(=O)(=O)c1ccc(F)cc1. The minimum atomic E-state index is -4.02. The molecular formula is C32H31F3N6O3S. The Balaban J connectivity index is 1.20. The third-order valence-corrected chi connectivity index (χ3v) is 9.94. The molecule has 1 N–H and O–H groups in total. The first-order valence-corrected chi connectivity index (χ1v) is 16.1. The predicted molar refractivity (Wildman–Crippen MR) is 163 cm³/mol. The van der Waals surface area contributed by atoms with Crippen molar-refractivity contribution in [3.05, 3.63) is 102 Å². The maximum absolute atomic E-state index is 14.4. The van der Waals surface area contributed by atoms with Gasteiger partial charge in [0.2, 0.25) is 21.9 Å². The van der Waals surface area contributed by atoms with Crippen molar-refractivity contribution in [2.45, 2.75) is 30.3 Å². The molecule has 2 aliphatic rings. The summed E-state index contributed by atoms with van der Waals surface area (Å²) < 4.78 is 69.6. The summed E-state index contributed by atoms with van der Waals surface area (Å²) >= 11 is 0. The molecule has 1 atom stereocenters. The van der Waals surface area contributed by atoms with Gasteiger partial charge in [0.25, 0.3) is 0 Å². The Morgan fingerprint density at radius 2 is 1.56 bits per heavy atom. The Kier molecular flexibility index (Phi) is 8.72. The molecule has 1 amide bonds. The minimum Gasteiger partial charge on any atom is -0.366 e. The van der Waals surface area contributed by atoms with Crippen LogP contribution in [0.1, 0.15) is 18.5 Å². The summed E-state index contributed by atoms with van der Waals surface area (Å²) in [5, 5.41) is 2.82. The third-order valence-electron chi connectivity index (χ3n) is 8.01. The molecule has 2 aliphatic heterocycles. The highest BCUT2D eigenvalue weighted by Gasteiger charge is 2.39. The van der Waals surface area contributed by atoms with Gasteiger partial charge in [-0.3, -0.25) is 4.79 Å². The lowest BCUT2D eigenvalue weighted by Gasteiger charge is -2.36. The van der Waals surface area contributed by atoms with Crippen molar-refractivity contribution in [1.29, 1.82) is 0 Å². The topological polar surface area (TPSA) is 98.7 Å². The van der Waals surface area contributed by atoms with Crippen LogP contribution in [0.25, 0.3) is 11.3 Å². The van der Waals surface area contributed by atoms with Gasteiger partial charge in [0.05, 0.1) is 28.5 Å². The first kappa shape index (κ1) is 30.5. The zero-order chi connectivity index (χ0) is 31.6. The second-order valence-corrected chi connectivity index (χ2v) is 12.8. The molecule has 3 aromatic carbocycles. The first-order chi connectivity index (χ1) is 21.7. The van der Waals surface area contributed by atoms with Gasteiger partial charge in [-0.2, -0.15) is 4.31 Å². The summed E-state index contributed by atoms with van der Waals surface area (Å²) in [6.45, 7) is 2.21. The maximum Gasteiger partial charge on any atom is 0.243 e. The second-order valence-electron chi connectivity index (χ2n) is 10.9. The summed E-state index contributed by atoms with van der Waals surface area (Å²) in [5.41, 5.74) is 1.97. The van der Waals surface area contributed by atoms with Gasteiger partial charge >= 0.3 is 0 Å². The predicted octanol–water partition coefficient (Wildman–Crippen LogP) is 4.36. The number of benzene rings is 3. The minimum absolute atomic E-state index is 0.0210. The van der Waals surface area contributed by atoms with Crippen LogP contribution in [0.5, 0.6) is 0 Å². The van der Waals surface area contributed by atoms with Gasteiger partial charge in [-0.25, -0.2) is 31.6 Å². The Morgan fingerprint density at radius 1 is 0.822 bits per heavy atom. The van der Waals surface area contributed by atoms with E-state index >= 15 is 0 Å². The number of carbonyl (C=O) groups is 1. The molecule has 6 rings (SSSR count). The average molecular weight is 637 g/mol. The Hall–Kier alpha value is -4.49. The molecule has 9 nitrogen and oxygen atoms in total. The lowest BCUT2D eigenvalue weighted by Crippen LogP contribution is -2.47. The summed E-state index contributed by atoms with van der Waals surface area (Å²) in [7, 11) is -4.02. The molecular weight excluding hydrogens is 605 g/mol. The van der Waals surface area contributed by atoms with Crippen LogP contribution in [-0.4, -0.2) is 67.4 Å². The molecule has 0 saturated carbocycles. The van der Waals surface area contributed by atoms with Crippen LogP contribution >= 0.6 is 0 Å². The fraction of sp³-hybridized carbons (Fsp3) is 0.281. The highest BCUT2D eigenvalue weighted by atomic mass is 32.2. The number of anilines is 2. The monoisotopic (exact) mass is 636 g/mol. The Morgan fingerprint density at radius 3 is 2.29 bits per heavy atom. The van der Waals surface area contributed by atoms with Crippen LogP contribution in [0.4, 0.5) is 24.8 Å². The number of nitrogens with zero attached hydrogens (tertiary/aromatic N) is 5. The zero-order valence-electron chi connectivity index (χ0n) is 24.2. The molecule has 0 unspecified atom stereocenters. The van der Waals surface area contributed by atoms with Crippen molar-refractivity contribution in [2.75, 3.05) is 42.5 Å². The van der Waals surface area contributed by atoms with Gasteiger partial charge in [0, 0.05) is 38.3 Å². The van der Waals surface area contributed by atoms with E-state index in [9.17, 15) is 26.4 Å². The first-order valence-electron chi connectivity index (χ1n) is 14.6. The molecule has 234 valence electrons. The number of para-hydroxylation sites is 1. The number of amides is 1. The fourth-order valence-electron chi connectivity index (χ4n) is 5.69. The zero-order valence-corrected chi connectivity index (χ0v) is 25.1. The Labute approximate surface area is 259 Å².